The first-order valence-corrected chi connectivity index (χ1v) is 2.59. The predicted molar refractivity (Wildman–Crippen MR) is 33.4 cm³/mol. The molecule has 0 aromatic heterocycles. The predicted octanol–water partition coefficient (Wildman–Crippen LogP) is -2.41. The third-order valence-corrected chi connectivity index (χ3v) is 0.892. The zero-order chi connectivity index (χ0) is 6.57. The summed E-state index contributed by atoms with van der Waals surface area (Å²) in [4.78, 5) is 9.78. The number of carboxylic acids is 1. The average Bonchev–Trinajstić information content (AvgIpc) is 1.67. The minimum Gasteiger partial charge on any atom is -0.480 e. The SMILES string of the molecule is N[C@@H](C=S=O)C(=O)O.O. The minimum atomic E-state index is -1.19. The fourth-order valence-electron chi connectivity index (χ4n) is 0.118. The molecule has 1 atom stereocenters. The lowest BCUT2D eigenvalue weighted by Crippen LogP contribution is -2.31. The molecule has 0 rings (SSSR count). The second-order valence-corrected chi connectivity index (χ2v) is 1.56. The van der Waals surface area contributed by atoms with Gasteiger partial charge < -0.3 is 16.3 Å². The van der Waals surface area contributed by atoms with Crippen LogP contribution in [0, 0.1) is 0 Å². The zero-order valence-corrected chi connectivity index (χ0v) is 5.22. The number of hydrogen-bond acceptors (Lipinski definition) is 3. The molecule has 0 saturated heterocycles. The van der Waals surface area contributed by atoms with E-state index in [0.29, 0.717) is 0 Å². The van der Waals surface area contributed by atoms with Gasteiger partial charge in [-0.25, -0.2) is 4.21 Å². The van der Waals surface area contributed by atoms with Crippen LogP contribution in [-0.4, -0.2) is 32.2 Å². The van der Waals surface area contributed by atoms with Crippen molar-refractivity contribution in [3.8, 4) is 0 Å². The summed E-state index contributed by atoms with van der Waals surface area (Å²) >= 11 is 0.0572. The van der Waals surface area contributed by atoms with Crippen LogP contribution in [0.1, 0.15) is 0 Å². The van der Waals surface area contributed by atoms with Crippen molar-refractivity contribution >= 4 is 22.6 Å². The highest BCUT2D eigenvalue weighted by atomic mass is 32.1. The molecular formula is C3H7NO4S. The molecule has 9 heavy (non-hydrogen) atoms. The summed E-state index contributed by atoms with van der Waals surface area (Å²) in [5.41, 5.74) is 4.85. The Morgan fingerprint density at radius 2 is 2.22 bits per heavy atom. The van der Waals surface area contributed by atoms with Crippen molar-refractivity contribution in [1.82, 2.24) is 0 Å². The largest absolute Gasteiger partial charge is 0.480 e. The molecule has 0 aliphatic heterocycles. The topological polar surface area (TPSA) is 112 Å². The minimum absolute atomic E-state index is 0. The smallest absolute Gasteiger partial charge is 0.325 e. The molecule has 0 unspecified atom stereocenters. The van der Waals surface area contributed by atoms with Gasteiger partial charge >= 0.3 is 5.97 Å². The van der Waals surface area contributed by atoms with Gasteiger partial charge in [0.25, 0.3) is 0 Å². The number of nitrogens with two attached hydrogens (primary N) is 1. The van der Waals surface area contributed by atoms with Crippen LogP contribution in [0.3, 0.4) is 0 Å². The first-order valence-electron chi connectivity index (χ1n) is 1.79. The van der Waals surface area contributed by atoms with Gasteiger partial charge in [-0.05, 0) is 0 Å². The summed E-state index contributed by atoms with van der Waals surface area (Å²) in [6, 6.07) is -1.14. The molecule has 0 fully saturated rings. The number of rotatable bonds is 2. The van der Waals surface area contributed by atoms with E-state index in [1.54, 1.807) is 0 Å². The number of carboxylic acid groups (broad SMARTS) is 1. The zero-order valence-electron chi connectivity index (χ0n) is 4.40. The molecule has 5 N–H and O–H groups in total. The van der Waals surface area contributed by atoms with Crippen LogP contribution in [-0.2, 0) is 16.1 Å². The van der Waals surface area contributed by atoms with Crippen molar-refractivity contribution in [2.75, 3.05) is 0 Å². The molecule has 54 valence electrons. The molecule has 5 nitrogen and oxygen atoms in total. The third-order valence-electron chi connectivity index (χ3n) is 0.487. The summed E-state index contributed by atoms with van der Waals surface area (Å²) in [5, 5.41) is 8.91. The van der Waals surface area contributed by atoms with Gasteiger partial charge in [0.1, 0.15) is 6.04 Å². The Balaban J connectivity index is 0. The van der Waals surface area contributed by atoms with E-state index >= 15 is 0 Å². The number of aliphatic carboxylic acids is 1. The number of hydrogen-bond donors (Lipinski definition) is 2. The van der Waals surface area contributed by atoms with E-state index in [2.05, 4.69) is 0 Å². The van der Waals surface area contributed by atoms with Gasteiger partial charge in [0.05, 0.1) is 11.3 Å². The summed E-state index contributed by atoms with van der Waals surface area (Å²) in [5.74, 6) is -1.19. The Bertz CT molecular complexity index is 139. The molecule has 0 heterocycles. The van der Waals surface area contributed by atoms with Gasteiger partial charge in [-0.3, -0.25) is 4.79 Å². The molecule has 0 aliphatic rings. The lowest BCUT2D eigenvalue weighted by molar-refractivity contribution is -0.136. The van der Waals surface area contributed by atoms with E-state index in [9.17, 15) is 9.00 Å². The van der Waals surface area contributed by atoms with Crippen LogP contribution in [0.25, 0.3) is 0 Å². The molecule has 0 spiro atoms. The van der Waals surface area contributed by atoms with Gasteiger partial charge in [-0.1, -0.05) is 0 Å². The quantitative estimate of drug-likeness (QED) is 0.430. The highest BCUT2D eigenvalue weighted by molar-refractivity contribution is 7.65. The van der Waals surface area contributed by atoms with E-state index in [4.69, 9.17) is 10.8 Å². The molecule has 0 saturated carbocycles. The van der Waals surface area contributed by atoms with Crippen LogP contribution < -0.4 is 5.73 Å². The van der Waals surface area contributed by atoms with Crippen molar-refractivity contribution in [1.29, 1.82) is 0 Å². The van der Waals surface area contributed by atoms with Crippen LogP contribution in [0.2, 0.25) is 0 Å². The summed E-state index contributed by atoms with van der Waals surface area (Å²) in [6.45, 7) is 0. The fraction of sp³-hybridized carbons (Fsp3) is 0.333. The maximum atomic E-state index is 9.78. The standard InChI is InChI=1S/C3H5NO3S.H2O/c4-2(1-8-7)3(5)6;/h1-2H,4H2,(H,5,6);1H2/t2-;/m0./s1. The molecule has 0 aromatic carbocycles. The highest BCUT2D eigenvalue weighted by Crippen LogP contribution is 1.67. The molecule has 0 bridgehead atoms. The van der Waals surface area contributed by atoms with Crippen LogP contribution in [0.5, 0.6) is 0 Å². The average molecular weight is 153 g/mol. The Morgan fingerprint density at radius 3 is 2.33 bits per heavy atom. The summed E-state index contributed by atoms with van der Waals surface area (Å²) in [6.07, 6.45) is 0. The summed E-state index contributed by atoms with van der Waals surface area (Å²) < 4.78 is 9.56. The van der Waals surface area contributed by atoms with Crippen molar-refractivity contribution < 1.29 is 19.6 Å². The highest BCUT2D eigenvalue weighted by Gasteiger charge is 2.05. The Kier molecular flexibility index (Phi) is 6.70. The normalized spacial score (nSPS) is 10.8. The third kappa shape index (κ3) is 5.15. The lowest BCUT2D eigenvalue weighted by atomic mass is 10.4. The molecule has 0 amide bonds. The fourth-order valence-corrected chi connectivity index (χ4v) is 0.354. The molecular weight excluding hydrogens is 146 g/mol. The monoisotopic (exact) mass is 153 g/mol. The Morgan fingerprint density at radius 1 is 1.78 bits per heavy atom. The van der Waals surface area contributed by atoms with Gasteiger partial charge in [-0.15, -0.1) is 0 Å². The first-order chi connectivity index (χ1) is 3.68. The second-order valence-electron chi connectivity index (χ2n) is 1.10. The Labute approximate surface area is 54.9 Å². The van der Waals surface area contributed by atoms with Crippen molar-refractivity contribution in [2.24, 2.45) is 5.73 Å². The van der Waals surface area contributed by atoms with E-state index in [-0.39, 0.29) is 16.7 Å². The lowest BCUT2D eigenvalue weighted by Gasteiger charge is -1.91. The maximum absolute atomic E-state index is 9.78. The van der Waals surface area contributed by atoms with E-state index in [1.165, 1.54) is 0 Å². The molecule has 0 aromatic rings. The van der Waals surface area contributed by atoms with Gasteiger partial charge in [0.15, 0.2) is 0 Å². The van der Waals surface area contributed by atoms with Crippen molar-refractivity contribution in [3.05, 3.63) is 0 Å². The van der Waals surface area contributed by atoms with Crippen molar-refractivity contribution in [2.45, 2.75) is 6.04 Å². The second kappa shape index (κ2) is 5.42. The molecule has 0 radical (unpaired) electrons. The summed E-state index contributed by atoms with van der Waals surface area (Å²) in [7, 11) is 0. The molecule has 6 heteroatoms. The molecule has 0 aliphatic carbocycles. The van der Waals surface area contributed by atoms with Gasteiger partial charge in [0.2, 0.25) is 0 Å². The van der Waals surface area contributed by atoms with E-state index in [0.717, 1.165) is 5.37 Å². The van der Waals surface area contributed by atoms with E-state index < -0.39 is 12.0 Å². The van der Waals surface area contributed by atoms with Crippen LogP contribution in [0.15, 0.2) is 0 Å². The van der Waals surface area contributed by atoms with E-state index in [1.807, 2.05) is 0 Å². The number of carbonyl (C=O) groups is 1. The maximum Gasteiger partial charge on any atom is 0.325 e. The van der Waals surface area contributed by atoms with Crippen LogP contribution >= 0.6 is 0 Å². The van der Waals surface area contributed by atoms with Crippen LogP contribution in [0.4, 0.5) is 0 Å². The van der Waals surface area contributed by atoms with Gasteiger partial charge in [0, 0.05) is 5.37 Å². The first kappa shape index (κ1) is 11.1. The Hall–Kier alpha value is -0.720. The van der Waals surface area contributed by atoms with Gasteiger partial charge in [-0.2, -0.15) is 0 Å². The van der Waals surface area contributed by atoms with Crippen molar-refractivity contribution in [3.63, 3.8) is 0 Å².